The van der Waals surface area contributed by atoms with E-state index < -0.39 is 15.4 Å². The zero-order valence-corrected chi connectivity index (χ0v) is 8.10. The molecule has 1 aromatic rings. The molecule has 0 aromatic carbocycles. The van der Waals surface area contributed by atoms with Gasteiger partial charge in [0.15, 0.2) is 9.84 Å². The monoisotopic (exact) mass is 215 g/mol. The third-order valence-corrected chi connectivity index (χ3v) is 3.51. The van der Waals surface area contributed by atoms with Crippen molar-refractivity contribution in [3.8, 4) is 0 Å². The Balaban J connectivity index is 2.64. The first-order valence-corrected chi connectivity index (χ1v) is 5.85. The van der Waals surface area contributed by atoms with E-state index in [1.165, 1.54) is 0 Å². The Morgan fingerprint density at radius 3 is 2.79 bits per heavy atom. The summed E-state index contributed by atoms with van der Waals surface area (Å²) in [5.41, 5.74) is 5.50. The maximum absolute atomic E-state index is 11.4. The summed E-state index contributed by atoms with van der Waals surface area (Å²) in [5.74, 6) is -0.0414. The SMILES string of the molecule is NCc1nc2c(c(=O)[nH]1)CS(=O)(=O)C2. The van der Waals surface area contributed by atoms with Crippen LogP contribution in [0.25, 0.3) is 0 Å². The normalized spacial score (nSPS) is 18.1. The minimum Gasteiger partial charge on any atom is -0.324 e. The van der Waals surface area contributed by atoms with Crippen molar-refractivity contribution in [2.75, 3.05) is 0 Å². The molecule has 7 heteroatoms. The summed E-state index contributed by atoms with van der Waals surface area (Å²) in [5, 5.41) is 0. The van der Waals surface area contributed by atoms with E-state index in [0.29, 0.717) is 11.5 Å². The summed E-state index contributed by atoms with van der Waals surface area (Å²) in [6.45, 7) is 0.0998. The summed E-state index contributed by atoms with van der Waals surface area (Å²) < 4.78 is 22.4. The number of hydrogen-bond donors (Lipinski definition) is 2. The number of hydrogen-bond acceptors (Lipinski definition) is 5. The zero-order valence-electron chi connectivity index (χ0n) is 7.28. The molecule has 76 valence electrons. The van der Waals surface area contributed by atoms with Crippen molar-refractivity contribution in [3.05, 3.63) is 27.4 Å². The van der Waals surface area contributed by atoms with Gasteiger partial charge < -0.3 is 10.7 Å². The fourth-order valence-corrected chi connectivity index (χ4v) is 2.94. The van der Waals surface area contributed by atoms with Gasteiger partial charge >= 0.3 is 0 Å². The molecule has 0 atom stereocenters. The van der Waals surface area contributed by atoms with E-state index in [-0.39, 0.29) is 23.6 Å². The van der Waals surface area contributed by atoms with Gasteiger partial charge in [0.05, 0.1) is 29.3 Å². The summed E-state index contributed by atoms with van der Waals surface area (Å²) in [6.07, 6.45) is 0. The number of aromatic amines is 1. The Labute approximate surface area is 80.1 Å². The number of rotatable bonds is 1. The molecule has 0 radical (unpaired) electrons. The predicted octanol–water partition coefficient (Wildman–Crippen LogP) is -1.34. The van der Waals surface area contributed by atoms with Crippen LogP contribution in [-0.4, -0.2) is 18.4 Å². The molecule has 0 fully saturated rings. The number of nitrogens with two attached hydrogens (primary N) is 1. The summed E-state index contributed by atoms with van der Waals surface area (Å²) >= 11 is 0. The molecule has 6 nitrogen and oxygen atoms in total. The first-order chi connectivity index (χ1) is 6.52. The third kappa shape index (κ3) is 1.44. The number of H-pyrrole nitrogens is 1. The maximum Gasteiger partial charge on any atom is 0.255 e. The summed E-state index contributed by atoms with van der Waals surface area (Å²) in [7, 11) is -3.18. The molecule has 1 aromatic heterocycles. The van der Waals surface area contributed by atoms with Gasteiger partial charge in [-0.1, -0.05) is 0 Å². The largest absolute Gasteiger partial charge is 0.324 e. The Hall–Kier alpha value is -1.21. The second-order valence-electron chi connectivity index (χ2n) is 3.17. The Bertz CT molecular complexity index is 532. The molecule has 2 rings (SSSR count). The third-order valence-electron chi connectivity index (χ3n) is 2.06. The fourth-order valence-electron chi connectivity index (χ4n) is 1.44. The van der Waals surface area contributed by atoms with Crippen molar-refractivity contribution >= 4 is 9.84 Å². The minimum atomic E-state index is -3.18. The van der Waals surface area contributed by atoms with Gasteiger partial charge in [-0.25, -0.2) is 13.4 Å². The van der Waals surface area contributed by atoms with Crippen LogP contribution < -0.4 is 11.3 Å². The maximum atomic E-state index is 11.4. The molecule has 1 aliphatic heterocycles. The van der Waals surface area contributed by atoms with Crippen LogP contribution in [-0.2, 0) is 27.9 Å². The van der Waals surface area contributed by atoms with Crippen LogP contribution in [0.4, 0.5) is 0 Å². The molecule has 14 heavy (non-hydrogen) atoms. The highest BCUT2D eigenvalue weighted by atomic mass is 32.2. The topological polar surface area (TPSA) is 106 Å². The van der Waals surface area contributed by atoms with Crippen molar-refractivity contribution in [1.82, 2.24) is 9.97 Å². The van der Waals surface area contributed by atoms with E-state index in [0.717, 1.165) is 0 Å². The quantitative estimate of drug-likeness (QED) is 0.603. The van der Waals surface area contributed by atoms with Crippen LogP contribution in [0.1, 0.15) is 17.1 Å². The van der Waals surface area contributed by atoms with Crippen LogP contribution in [0.5, 0.6) is 0 Å². The average molecular weight is 215 g/mol. The number of nitrogens with one attached hydrogen (secondary N) is 1. The summed E-state index contributed by atoms with van der Waals surface area (Å²) in [4.78, 5) is 17.8. The van der Waals surface area contributed by atoms with E-state index in [2.05, 4.69) is 9.97 Å². The van der Waals surface area contributed by atoms with Crippen LogP contribution in [0.2, 0.25) is 0 Å². The van der Waals surface area contributed by atoms with Gasteiger partial charge in [-0.3, -0.25) is 4.79 Å². The van der Waals surface area contributed by atoms with E-state index in [4.69, 9.17) is 5.73 Å². The lowest BCUT2D eigenvalue weighted by Crippen LogP contribution is -2.18. The lowest BCUT2D eigenvalue weighted by molar-refractivity contribution is 0.597. The lowest BCUT2D eigenvalue weighted by atomic mass is 10.3. The molecule has 1 aliphatic rings. The first kappa shape index (κ1) is 9.35. The molecular weight excluding hydrogens is 206 g/mol. The standard InChI is InChI=1S/C7H9N3O3S/c8-1-6-9-5-3-14(12,13)2-4(5)7(11)10-6/h1-3,8H2,(H,9,10,11). The molecule has 3 N–H and O–H groups in total. The zero-order chi connectivity index (χ0) is 10.3. The van der Waals surface area contributed by atoms with E-state index >= 15 is 0 Å². The molecule has 2 heterocycles. The second kappa shape index (κ2) is 2.89. The average Bonchev–Trinajstić information content (AvgIpc) is 2.40. The van der Waals surface area contributed by atoms with Crippen molar-refractivity contribution in [2.24, 2.45) is 5.73 Å². The van der Waals surface area contributed by atoms with Crippen LogP contribution in [0, 0.1) is 0 Å². The van der Waals surface area contributed by atoms with E-state index in [1.54, 1.807) is 0 Å². The van der Waals surface area contributed by atoms with Gasteiger partial charge in [0, 0.05) is 0 Å². The molecule has 0 spiro atoms. The highest BCUT2D eigenvalue weighted by Gasteiger charge is 2.28. The molecule has 0 unspecified atom stereocenters. The van der Waals surface area contributed by atoms with Crippen molar-refractivity contribution in [1.29, 1.82) is 0 Å². The van der Waals surface area contributed by atoms with Crippen molar-refractivity contribution in [3.63, 3.8) is 0 Å². The van der Waals surface area contributed by atoms with Gasteiger partial charge in [0.2, 0.25) is 0 Å². The van der Waals surface area contributed by atoms with Crippen molar-refractivity contribution < 1.29 is 8.42 Å². The second-order valence-corrected chi connectivity index (χ2v) is 5.24. The first-order valence-electron chi connectivity index (χ1n) is 4.03. The van der Waals surface area contributed by atoms with Crippen molar-refractivity contribution in [2.45, 2.75) is 18.1 Å². The molecular formula is C7H9N3O3S. The molecule has 0 amide bonds. The predicted molar refractivity (Wildman–Crippen MR) is 49.1 cm³/mol. The summed E-state index contributed by atoms with van der Waals surface area (Å²) in [6, 6.07) is 0. The van der Waals surface area contributed by atoms with Crippen LogP contribution in [0.3, 0.4) is 0 Å². The Kier molecular flexibility index (Phi) is 1.93. The van der Waals surface area contributed by atoms with Gasteiger partial charge in [0.25, 0.3) is 5.56 Å². The number of sulfone groups is 1. The molecule has 0 saturated heterocycles. The fraction of sp³-hybridized carbons (Fsp3) is 0.429. The Morgan fingerprint density at radius 2 is 2.14 bits per heavy atom. The molecule has 0 saturated carbocycles. The lowest BCUT2D eigenvalue weighted by Gasteiger charge is -1.98. The number of aromatic nitrogens is 2. The van der Waals surface area contributed by atoms with Gasteiger partial charge in [-0.15, -0.1) is 0 Å². The minimum absolute atomic E-state index is 0.0998. The van der Waals surface area contributed by atoms with Gasteiger partial charge in [0.1, 0.15) is 5.82 Å². The highest BCUT2D eigenvalue weighted by molar-refractivity contribution is 7.90. The van der Waals surface area contributed by atoms with E-state index in [9.17, 15) is 13.2 Å². The van der Waals surface area contributed by atoms with Gasteiger partial charge in [-0.2, -0.15) is 0 Å². The van der Waals surface area contributed by atoms with Crippen LogP contribution >= 0.6 is 0 Å². The number of fused-ring (bicyclic) bond motifs is 1. The Morgan fingerprint density at radius 1 is 1.43 bits per heavy atom. The molecule has 0 bridgehead atoms. The van der Waals surface area contributed by atoms with Gasteiger partial charge in [-0.05, 0) is 0 Å². The smallest absolute Gasteiger partial charge is 0.255 e. The molecule has 0 aliphatic carbocycles. The number of nitrogens with zero attached hydrogens (tertiary/aromatic N) is 1. The van der Waals surface area contributed by atoms with E-state index in [1.807, 2.05) is 0 Å². The highest BCUT2D eigenvalue weighted by Crippen LogP contribution is 2.19. The van der Waals surface area contributed by atoms with Crippen LogP contribution in [0.15, 0.2) is 4.79 Å².